The van der Waals surface area contributed by atoms with E-state index in [2.05, 4.69) is 15.5 Å². The number of carbonyl (C=O) groups is 1. The number of halogens is 2. The molecule has 156 valence electrons. The summed E-state index contributed by atoms with van der Waals surface area (Å²) in [4.78, 5) is 18.8. The fraction of sp³-hybridized carbons (Fsp3) is 0.318. The Labute approximate surface area is 172 Å². The van der Waals surface area contributed by atoms with Crippen molar-refractivity contribution in [1.29, 1.82) is 0 Å². The first-order chi connectivity index (χ1) is 14.5. The topological polar surface area (TPSA) is 71.3 Å². The lowest BCUT2D eigenvalue weighted by Crippen LogP contribution is -2.38. The Bertz CT molecular complexity index is 1050. The number of likely N-dealkylation sites (tertiary alicyclic amines) is 1. The van der Waals surface area contributed by atoms with Crippen molar-refractivity contribution in [3.05, 3.63) is 65.6 Å². The molecule has 0 saturated carbocycles. The van der Waals surface area contributed by atoms with E-state index in [1.807, 2.05) is 36.1 Å². The molecule has 0 radical (unpaired) electrons. The van der Waals surface area contributed by atoms with Crippen LogP contribution in [0.25, 0.3) is 11.4 Å². The van der Waals surface area contributed by atoms with Crippen molar-refractivity contribution >= 4 is 11.6 Å². The number of anilines is 1. The highest BCUT2D eigenvalue weighted by molar-refractivity contribution is 5.92. The number of benzene rings is 2. The van der Waals surface area contributed by atoms with Crippen molar-refractivity contribution in [3.63, 3.8) is 0 Å². The van der Waals surface area contributed by atoms with E-state index < -0.39 is 11.6 Å². The van der Waals surface area contributed by atoms with Crippen LogP contribution in [0.1, 0.15) is 30.2 Å². The van der Waals surface area contributed by atoms with E-state index in [9.17, 15) is 13.6 Å². The van der Waals surface area contributed by atoms with Crippen LogP contribution in [0.15, 0.2) is 47.0 Å². The van der Waals surface area contributed by atoms with Crippen molar-refractivity contribution in [2.75, 3.05) is 25.0 Å². The summed E-state index contributed by atoms with van der Waals surface area (Å²) in [6.07, 6.45) is 1.57. The molecule has 1 aliphatic heterocycles. The smallest absolute Gasteiger partial charge is 0.238 e. The summed E-state index contributed by atoms with van der Waals surface area (Å²) in [6.45, 7) is 3.53. The molecule has 30 heavy (non-hydrogen) atoms. The third-order valence-electron chi connectivity index (χ3n) is 5.23. The summed E-state index contributed by atoms with van der Waals surface area (Å²) in [5.74, 6) is -0.466. The second kappa shape index (κ2) is 8.71. The number of aryl methyl sites for hydroxylation is 1. The number of nitrogens with one attached hydrogen (secondary N) is 1. The van der Waals surface area contributed by atoms with Crippen LogP contribution in [0.3, 0.4) is 0 Å². The molecule has 2 heterocycles. The minimum absolute atomic E-state index is 0.0224. The molecule has 0 bridgehead atoms. The molecule has 1 aliphatic rings. The molecule has 2 aromatic carbocycles. The van der Waals surface area contributed by atoms with Crippen molar-refractivity contribution in [2.45, 2.75) is 25.7 Å². The van der Waals surface area contributed by atoms with Gasteiger partial charge in [0.15, 0.2) is 0 Å². The number of hydrogen-bond acceptors (Lipinski definition) is 5. The maximum Gasteiger partial charge on any atom is 0.238 e. The number of amides is 1. The van der Waals surface area contributed by atoms with Gasteiger partial charge in [-0.2, -0.15) is 4.98 Å². The number of aromatic nitrogens is 2. The Morgan fingerprint density at radius 2 is 2.00 bits per heavy atom. The molecule has 1 aromatic heterocycles. The monoisotopic (exact) mass is 412 g/mol. The molecule has 0 spiro atoms. The Balaban J connectivity index is 1.30. The zero-order valence-corrected chi connectivity index (χ0v) is 16.6. The number of rotatable bonds is 5. The number of piperidine rings is 1. The lowest BCUT2D eigenvalue weighted by atomic mass is 9.97. The van der Waals surface area contributed by atoms with Crippen LogP contribution in [0, 0.1) is 18.6 Å². The number of hydrogen-bond donors (Lipinski definition) is 1. The van der Waals surface area contributed by atoms with E-state index in [1.165, 1.54) is 6.07 Å². The van der Waals surface area contributed by atoms with Crippen LogP contribution in [0.5, 0.6) is 0 Å². The Morgan fingerprint density at radius 1 is 1.20 bits per heavy atom. The average molecular weight is 412 g/mol. The van der Waals surface area contributed by atoms with Gasteiger partial charge < -0.3 is 9.84 Å². The van der Waals surface area contributed by atoms with E-state index in [0.717, 1.165) is 36.1 Å². The molecule has 0 atom stereocenters. The molecular weight excluding hydrogens is 390 g/mol. The molecule has 8 heteroatoms. The van der Waals surface area contributed by atoms with Gasteiger partial charge in [-0.05, 0) is 51.1 Å². The predicted octanol–water partition coefficient (Wildman–Crippen LogP) is 4.14. The lowest BCUT2D eigenvalue weighted by molar-refractivity contribution is -0.117. The molecule has 1 saturated heterocycles. The van der Waals surface area contributed by atoms with E-state index in [0.29, 0.717) is 24.8 Å². The highest BCUT2D eigenvalue weighted by Gasteiger charge is 2.26. The summed E-state index contributed by atoms with van der Waals surface area (Å²) in [5, 5.41) is 6.60. The molecule has 6 nitrogen and oxygen atoms in total. The average Bonchev–Trinajstić information content (AvgIpc) is 3.21. The van der Waals surface area contributed by atoms with Gasteiger partial charge in [0.1, 0.15) is 11.6 Å². The Hall–Kier alpha value is -3.13. The van der Waals surface area contributed by atoms with Crippen LogP contribution < -0.4 is 5.32 Å². The second-order valence-corrected chi connectivity index (χ2v) is 7.55. The Kier molecular flexibility index (Phi) is 5.85. The molecule has 1 fully saturated rings. The molecule has 1 N–H and O–H groups in total. The normalized spacial score (nSPS) is 15.3. The van der Waals surface area contributed by atoms with Crippen molar-refractivity contribution < 1.29 is 18.1 Å². The summed E-state index contributed by atoms with van der Waals surface area (Å²) < 4.78 is 32.1. The standard InChI is InChI=1S/C22H22F2N4O2/c1-14-3-2-4-16(11-14)21-26-22(30-27-21)15-7-9-28(10-8-15)13-20(29)25-19-6-5-17(23)12-18(19)24/h2-6,11-12,15H,7-10,13H2,1H3,(H,25,29). The van der Waals surface area contributed by atoms with Gasteiger partial charge in [-0.25, -0.2) is 8.78 Å². The third-order valence-corrected chi connectivity index (χ3v) is 5.23. The molecular formula is C22H22F2N4O2. The van der Waals surface area contributed by atoms with E-state index in [4.69, 9.17) is 4.52 Å². The van der Waals surface area contributed by atoms with Gasteiger partial charge >= 0.3 is 0 Å². The second-order valence-electron chi connectivity index (χ2n) is 7.55. The van der Waals surface area contributed by atoms with E-state index >= 15 is 0 Å². The SMILES string of the molecule is Cc1cccc(-c2noc(C3CCN(CC(=O)Nc4ccc(F)cc4F)CC3)n2)c1. The van der Waals surface area contributed by atoms with Gasteiger partial charge in [0, 0.05) is 17.5 Å². The number of carbonyl (C=O) groups excluding carboxylic acids is 1. The van der Waals surface area contributed by atoms with E-state index in [1.54, 1.807) is 0 Å². The lowest BCUT2D eigenvalue weighted by Gasteiger charge is -2.29. The summed E-state index contributed by atoms with van der Waals surface area (Å²) in [6, 6.07) is 11.0. The van der Waals surface area contributed by atoms with Gasteiger partial charge in [-0.15, -0.1) is 0 Å². The van der Waals surface area contributed by atoms with Crippen molar-refractivity contribution in [1.82, 2.24) is 15.0 Å². The maximum atomic E-state index is 13.7. The fourth-order valence-corrected chi connectivity index (χ4v) is 3.62. The fourth-order valence-electron chi connectivity index (χ4n) is 3.62. The van der Waals surface area contributed by atoms with Crippen molar-refractivity contribution in [3.8, 4) is 11.4 Å². The first-order valence-corrected chi connectivity index (χ1v) is 9.86. The highest BCUT2D eigenvalue weighted by atomic mass is 19.1. The summed E-state index contributed by atoms with van der Waals surface area (Å²) in [5.41, 5.74) is 2.03. The largest absolute Gasteiger partial charge is 0.339 e. The quantitative estimate of drug-likeness (QED) is 0.682. The van der Waals surface area contributed by atoms with Gasteiger partial charge in [0.2, 0.25) is 17.6 Å². The zero-order valence-electron chi connectivity index (χ0n) is 16.6. The molecule has 1 amide bonds. The van der Waals surface area contributed by atoms with Crippen LogP contribution in [-0.4, -0.2) is 40.6 Å². The van der Waals surface area contributed by atoms with Crippen LogP contribution in [0.2, 0.25) is 0 Å². The first kappa shape index (κ1) is 20.2. The van der Waals surface area contributed by atoms with Crippen LogP contribution in [-0.2, 0) is 4.79 Å². The van der Waals surface area contributed by atoms with Crippen LogP contribution >= 0.6 is 0 Å². The maximum absolute atomic E-state index is 13.7. The highest BCUT2D eigenvalue weighted by Crippen LogP contribution is 2.28. The summed E-state index contributed by atoms with van der Waals surface area (Å²) >= 11 is 0. The van der Waals surface area contributed by atoms with Gasteiger partial charge in [0.25, 0.3) is 0 Å². The van der Waals surface area contributed by atoms with Gasteiger partial charge in [0.05, 0.1) is 12.2 Å². The predicted molar refractivity (Wildman–Crippen MR) is 108 cm³/mol. The molecule has 4 rings (SSSR count). The molecule has 3 aromatic rings. The third kappa shape index (κ3) is 4.71. The summed E-state index contributed by atoms with van der Waals surface area (Å²) in [7, 11) is 0. The minimum Gasteiger partial charge on any atom is -0.339 e. The molecule has 0 aliphatic carbocycles. The molecule has 0 unspecified atom stereocenters. The van der Waals surface area contributed by atoms with Crippen LogP contribution in [0.4, 0.5) is 14.5 Å². The first-order valence-electron chi connectivity index (χ1n) is 9.86. The van der Waals surface area contributed by atoms with Crippen molar-refractivity contribution in [2.24, 2.45) is 0 Å². The minimum atomic E-state index is -0.789. The number of nitrogens with zero attached hydrogens (tertiary/aromatic N) is 3. The Morgan fingerprint density at radius 3 is 2.73 bits per heavy atom. The zero-order chi connectivity index (χ0) is 21.1. The van der Waals surface area contributed by atoms with Gasteiger partial charge in [-0.1, -0.05) is 28.9 Å². The van der Waals surface area contributed by atoms with Gasteiger partial charge in [-0.3, -0.25) is 9.69 Å². The van der Waals surface area contributed by atoms with E-state index in [-0.39, 0.29) is 24.1 Å².